The highest BCUT2D eigenvalue weighted by Gasteiger charge is 2.03. The van der Waals surface area contributed by atoms with Gasteiger partial charge in [0.15, 0.2) is 0 Å². The Balaban J connectivity index is 1.66. The summed E-state index contributed by atoms with van der Waals surface area (Å²) in [5, 5.41) is 13.1. The molecule has 21 heavy (non-hydrogen) atoms. The van der Waals surface area contributed by atoms with Crippen LogP contribution in [0.25, 0.3) is 0 Å². The number of ether oxygens (including phenoxy) is 1. The molecule has 8 heteroatoms. The van der Waals surface area contributed by atoms with E-state index >= 15 is 0 Å². The number of halogens is 1. The molecule has 0 aliphatic heterocycles. The quantitative estimate of drug-likeness (QED) is 0.747. The predicted octanol–water partition coefficient (Wildman–Crippen LogP) is 2.14. The second-order valence-electron chi connectivity index (χ2n) is 4.09. The van der Waals surface area contributed by atoms with E-state index in [1.165, 1.54) is 24.3 Å². The SMILES string of the molecule is Fc1ccc(Oc2ccnc(NCc3cn[nH]n3)n2)cc1. The molecular formula is C13H11FN6O. The average Bonchev–Trinajstić information content (AvgIpc) is 3.01. The van der Waals surface area contributed by atoms with E-state index < -0.39 is 0 Å². The fourth-order valence-electron chi connectivity index (χ4n) is 1.59. The van der Waals surface area contributed by atoms with Crippen molar-refractivity contribution in [2.24, 2.45) is 0 Å². The molecule has 0 radical (unpaired) electrons. The Morgan fingerprint density at radius 3 is 2.81 bits per heavy atom. The molecule has 0 unspecified atom stereocenters. The minimum absolute atomic E-state index is 0.319. The van der Waals surface area contributed by atoms with Gasteiger partial charge in [-0.05, 0) is 24.3 Å². The first-order chi connectivity index (χ1) is 10.3. The zero-order valence-electron chi connectivity index (χ0n) is 10.8. The molecule has 0 amide bonds. The van der Waals surface area contributed by atoms with Crippen molar-refractivity contribution in [2.45, 2.75) is 6.54 Å². The van der Waals surface area contributed by atoms with Crippen LogP contribution in [0.3, 0.4) is 0 Å². The third-order valence-corrected chi connectivity index (χ3v) is 2.56. The van der Waals surface area contributed by atoms with Crippen molar-refractivity contribution in [3.8, 4) is 11.6 Å². The number of hydrogen-bond donors (Lipinski definition) is 2. The summed E-state index contributed by atoms with van der Waals surface area (Å²) in [7, 11) is 0. The Labute approximate surface area is 119 Å². The van der Waals surface area contributed by atoms with E-state index in [1.54, 1.807) is 18.5 Å². The Hall–Kier alpha value is -3.03. The van der Waals surface area contributed by atoms with Crippen LogP contribution in [-0.2, 0) is 6.54 Å². The van der Waals surface area contributed by atoms with Crippen LogP contribution in [0.2, 0.25) is 0 Å². The van der Waals surface area contributed by atoms with Gasteiger partial charge in [0.2, 0.25) is 11.8 Å². The van der Waals surface area contributed by atoms with Gasteiger partial charge in [0.1, 0.15) is 17.3 Å². The fraction of sp³-hybridized carbons (Fsp3) is 0.0769. The molecule has 7 nitrogen and oxygen atoms in total. The summed E-state index contributed by atoms with van der Waals surface area (Å²) >= 11 is 0. The molecule has 0 aliphatic rings. The van der Waals surface area contributed by atoms with Crippen LogP contribution in [0.4, 0.5) is 10.3 Å². The number of rotatable bonds is 5. The Morgan fingerprint density at radius 2 is 2.05 bits per heavy atom. The van der Waals surface area contributed by atoms with E-state index in [4.69, 9.17) is 4.74 Å². The molecule has 2 aromatic heterocycles. The van der Waals surface area contributed by atoms with E-state index in [9.17, 15) is 4.39 Å². The largest absolute Gasteiger partial charge is 0.439 e. The van der Waals surface area contributed by atoms with Gasteiger partial charge in [0.25, 0.3) is 0 Å². The maximum absolute atomic E-state index is 12.8. The molecule has 3 aromatic rings. The molecular weight excluding hydrogens is 275 g/mol. The standard InChI is InChI=1S/C13H11FN6O/c14-9-1-3-11(4-2-9)21-12-5-6-15-13(18-12)16-7-10-8-17-20-19-10/h1-6,8H,7H2,(H,15,16,18)(H,17,19,20). The van der Waals surface area contributed by atoms with Crippen LogP contribution in [-0.4, -0.2) is 25.4 Å². The van der Waals surface area contributed by atoms with Gasteiger partial charge in [-0.25, -0.2) is 9.37 Å². The third kappa shape index (κ3) is 3.50. The summed E-state index contributed by atoms with van der Waals surface area (Å²) in [6.45, 7) is 0.441. The van der Waals surface area contributed by atoms with Gasteiger partial charge in [-0.15, -0.1) is 0 Å². The minimum atomic E-state index is -0.319. The first-order valence-electron chi connectivity index (χ1n) is 6.14. The smallest absolute Gasteiger partial charge is 0.226 e. The maximum Gasteiger partial charge on any atom is 0.226 e. The zero-order chi connectivity index (χ0) is 14.5. The number of hydrogen-bond acceptors (Lipinski definition) is 6. The van der Waals surface area contributed by atoms with Crippen LogP contribution >= 0.6 is 0 Å². The lowest BCUT2D eigenvalue weighted by Gasteiger charge is -2.06. The number of aromatic nitrogens is 5. The predicted molar refractivity (Wildman–Crippen MR) is 72.2 cm³/mol. The Bertz CT molecular complexity index is 701. The van der Waals surface area contributed by atoms with Crippen molar-refractivity contribution in [3.63, 3.8) is 0 Å². The van der Waals surface area contributed by atoms with Gasteiger partial charge >= 0.3 is 0 Å². The second kappa shape index (κ2) is 5.95. The summed E-state index contributed by atoms with van der Waals surface area (Å²) in [5.74, 6) is 0.939. The number of anilines is 1. The van der Waals surface area contributed by atoms with E-state index in [-0.39, 0.29) is 5.82 Å². The molecule has 2 N–H and O–H groups in total. The first-order valence-corrected chi connectivity index (χ1v) is 6.14. The monoisotopic (exact) mass is 286 g/mol. The summed E-state index contributed by atoms with van der Waals surface area (Å²) in [6, 6.07) is 7.31. The van der Waals surface area contributed by atoms with Gasteiger partial charge in [0.05, 0.1) is 12.7 Å². The van der Waals surface area contributed by atoms with E-state index in [1.807, 2.05) is 0 Å². The van der Waals surface area contributed by atoms with Gasteiger partial charge in [-0.2, -0.15) is 20.4 Å². The van der Waals surface area contributed by atoms with Crippen LogP contribution in [0.1, 0.15) is 5.69 Å². The molecule has 0 atom stereocenters. The van der Waals surface area contributed by atoms with Crippen molar-refractivity contribution in [2.75, 3.05) is 5.32 Å². The Kier molecular flexibility index (Phi) is 3.68. The highest BCUT2D eigenvalue weighted by molar-refractivity contribution is 5.31. The van der Waals surface area contributed by atoms with Crippen molar-refractivity contribution >= 4 is 5.95 Å². The number of nitrogens with one attached hydrogen (secondary N) is 2. The summed E-state index contributed by atoms with van der Waals surface area (Å²) in [5.41, 5.74) is 0.739. The van der Waals surface area contributed by atoms with Gasteiger partial charge in [0, 0.05) is 12.3 Å². The van der Waals surface area contributed by atoms with Crippen LogP contribution in [0.15, 0.2) is 42.7 Å². The number of aromatic amines is 1. The molecule has 0 saturated carbocycles. The molecule has 106 valence electrons. The van der Waals surface area contributed by atoms with Crippen LogP contribution < -0.4 is 10.1 Å². The van der Waals surface area contributed by atoms with E-state index in [0.717, 1.165) is 5.69 Å². The van der Waals surface area contributed by atoms with Crippen LogP contribution in [0, 0.1) is 5.82 Å². The first kappa shape index (κ1) is 13.0. The molecule has 0 spiro atoms. The fourth-order valence-corrected chi connectivity index (χ4v) is 1.59. The van der Waals surface area contributed by atoms with E-state index in [0.29, 0.717) is 24.1 Å². The van der Waals surface area contributed by atoms with Crippen LogP contribution in [0.5, 0.6) is 11.6 Å². The summed E-state index contributed by atoms with van der Waals surface area (Å²) in [6.07, 6.45) is 3.17. The lowest BCUT2D eigenvalue weighted by atomic mass is 10.3. The van der Waals surface area contributed by atoms with Crippen molar-refractivity contribution < 1.29 is 9.13 Å². The van der Waals surface area contributed by atoms with Crippen molar-refractivity contribution in [1.29, 1.82) is 0 Å². The lowest BCUT2D eigenvalue weighted by molar-refractivity contribution is 0.460. The number of H-pyrrole nitrogens is 1. The number of nitrogens with zero attached hydrogens (tertiary/aromatic N) is 4. The Morgan fingerprint density at radius 1 is 1.19 bits per heavy atom. The molecule has 1 aromatic carbocycles. The molecule has 3 rings (SSSR count). The minimum Gasteiger partial charge on any atom is -0.439 e. The third-order valence-electron chi connectivity index (χ3n) is 2.56. The summed E-state index contributed by atoms with van der Waals surface area (Å²) < 4.78 is 18.3. The van der Waals surface area contributed by atoms with E-state index in [2.05, 4.69) is 30.7 Å². The average molecular weight is 286 g/mol. The molecule has 0 fully saturated rings. The van der Waals surface area contributed by atoms with Gasteiger partial charge in [-0.3, -0.25) is 0 Å². The molecule has 2 heterocycles. The molecule has 0 saturated heterocycles. The highest BCUT2D eigenvalue weighted by Crippen LogP contribution is 2.19. The normalized spacial score (nSPS) is 10.3. The molecule has 0 bridgehead atoms. The topological polar surface area (TPSA) is 88.6 Å². The van der Waals surface area contributed by atoms with Crippen molar-refractivity contribution in [1.82, 2.24) is 25.4 Å². The van der Waals surface area contributed by atoms with Gasteiger partial charge < -0.3 is 10.1 Å². The van der Waals surface area contributed by atoms with Crippen molar-refractivity contribution in [3.05, 3.63) is 54.2 Å². The molecule has 0 aliphatic carbocycles. The van der Waals surface area contributed by atoms with Gasteiger partial charge in [-0.1, -0.05) is 0 Å². The lowest BCUT2D eigenvalue weighted by Crippen LogP contribution is -2.04. The summed E-state index contributed by atoms with van der Waals surface area (Å²) in [4.78, 5) is 8.27. The number of benzene rings is 1. The second-order valence-corrected chi connectivity index (χ2v) is 4.09. The zero-order valence-corrected chi connectivity index (χ0v) is 10.8. The highest BCUT2D eigenvalue weighted by atomic mass is 19.1. The maximum atomic E-state index is 12.8.